The Hall–Kier alpha value is -1.42. The predicted molar refractivity (Wildman–Crippen MR) is 37.8 cm³/mol. The number of benzene rings is 1. The summed E-state index contributed by atoms with van der Waals surface area (Å²) in [7, 11) is 0. The number of para-hydroxylation sites is 1. The van der Waals surface area contributed by atoms with E-state index in [1.807, 2.05) is 0 Å². The van der Waals surface area contributed by atoms with Crippen LogP contribution < -0.4 is 5.73 Å². The molecule has 0 bridgehead atoms. The highest BCUT2D eigenvalue weighted by Crippen LogP contribution is 2.29. The number of hydrogen-bond donors (Lipinski definition) is 3. The van der Waals surface area contributed by atoms with Crippen LogP contribution in [0.15, 0.2) is 18.2 Å². The minimum atomic E-state index is -0.252. The van der Waals surface area contributed by atoms with Crippen LogP contribution in [0.1, 0.15) is 0 Å². The smallest absolute Gasteiger partial charge is 0.180 e. The molecule has 0 aliphatic carbocycles. The van der Waals surface area contributed by atoms with E-state index in [9.17, 15) is 0 Å². The third-order valence-corrected chi connectivity index (χ3v) is 1.05. The molecular weight excluding hydrogens is 134 g/mol. The summed E-state index contributed by atoms with van der Waals surface area (Å²) in [5.74, 6) is -0.437. The first-order valence-corrected chi connectivity index (χ1v) is 2.48. The first-order chi connectivity index (χ1) is 4.22. The van der Waals surface area contributed by atoms with Gasteiger partial charge in [-0.3, -0.25) is 0 Å². The highest BCUT2D eigenvalue weighted by molar-refractivity contribution is 5.58. The maximum absolute atomic E-state index is 8.83. The molecule has 0 fully saturated rings. The zero-order valence-electron chi connectivity index (χ0n) is 5.20. The molecular formula is C6H9NO3. The molecule has 0 saturated carbocycles. The molecule has 0 spiro atoms. The molecule has 0 heterocycles. The van der Waals surface area contributed by atoms with E-state index in [0.29, 0.717) is 0 Å². The van der Waals surface area contributed by atoms with Crippen LogP contribution in [0.5, 0.6) is 11.5 Å². The van der Waals surface area contributed by atoms with Crippen molar-refractivity contribution in [2.45, 2.75) is 0 Å². The molecule has 6 N–H and O–H groups in total. The molecule has 0 aliphatic heterocycles. The standard InChI is InChI=1S/C6H7NO2.H2O/c7-4-2-1-3-5(8)6(4)9;/h1-3,8-9H,7H2;1H2. The van der Waals surface area contributed by atoms with Gasteiger partial charge in [-0.25, -0.2) is 0 Å². The monoisotopic (exact) mass is 143 g/mol. The van der Waals surface area contributed by atoms with Crippen LogP contribution in [0.2, 0.25) is 0 Å². The lowest BCUT2D eigenvalue weighted by atomic mass is 10.3. The molecule has 0 aliphatic rings. The van der Waals surface area contributed by atoms with E-state index in [-0.39, 0.29) is 22.7 Å². The van der Waals surface area contributed by atoms with Crippen molar-refractivity contribution in [3.8, 4) is 11.5 Å². The zero-order valence-corrected chi connectivity index (χ0v) is 5.20. The van der Waals surface area contributed by atoms with Crippen molar-refractivity contribution in [1.82, 2.24) is 0 Å². The van der Waals surface area contributed by atoms with E-state index in [0.717, 1.165) is 0 Å². The minimum Gasteiger partial charge on any atom is -0.504 e. The average Bonchev–Trinajstić information content (AvgIpc) is 1.83. The van der Waals surface area contributed by atoms with Crippen LogP contribution in [0.4, 0.5) is 5.69 Å². The molecule has 0 atom stereocenters. The molecule has 0 aromatic heterocycles. The quantitative estimate of drug-likeness (QED) is 0.348. The Bertz CT molecular complexity index is 204. The Kier molecular flexibility index (Phi) is 2.52. The van der Waals surface area contributed by atoms with Crippen LogP contribution in [0.3, 0.4) is 0 Å². The van der Waals surface area contributed by atoms with Gasteiger partial charge in [0.25, 0.3) is 0 Å². The number of phenols is 2. The van der Waals surface area contributed by atoms with Gasteiger partial charge in [0.2, 0.25) is 0 Å². The zero-order chi connectivity index (χ0) is 6.85. The number of phenolic OH excluding ortho intramolecular Hbond substituents is 2. The highest BCUT2D eigenvalue weighted by Gasteiger charge is 1.98. The van der Waals surface area contributed by atoms with Crippen molar-refractivity contribution in [3.05, 3.63) is 18.2 Å². The fraction of sp³-hybridized carbons (Fsp3) is 0. The van der Waals surface area contributed by atoms with Crippen LogP contribution in [-0.2, 0) is 0 Å². The van der Waals surface area contributed by atoms with Gasteiger partial charge in [0.1, 0.15) is 0 Å². The number of rotatable bonds is 0. The van der Waals surface area contributed by atoms with E-state index in [4.69, 9.17) is 15.9 Å². The number of hydrogen-bond acceptors (Lipinski definition) is 3. The van der Waals surface area contributed by atoms with Gasteiger partial charge < -0.3 is 21.4 Å². The number of aromatic hydroxyl groups is 2. The Labute approximate surface area is 57.8 Å². The van der Waals surface area contributed by atoms with Gasteiger partial charge in [-0.2, -0.15) is 0 Å². The Balaban J connectivity index is 0.000000810. The van der Waals surface area contributed by atoms with Gasteiger partial charge in [-0.1, -0.05) is 6.07 Å². The van der Waals surface area contributed by atoms with E-state index < -0.39 is 0 Å². The number of nitrogen functional groups attached to an aromatic ring is 1. The second-order valence-electron chi connectivity index (χ2n) is 1.71. The molecule has 1 aromatic rings. The molecule has 4 heteroatoms. The lowest BCUT2D eigenvalue weighted by Gasteiger charge is -1.97. The summed E-state index contributed by atoms with van der Waals surface area (Å²) in [5.41, 5.74) is 5.40. The molecule has 0 unspecified atom stereocenters. The average molecular weight is 143 g/mol. The molecule has 56 valence electrons. The SMILES string of the molecule is Nc1cccc(O)c1O.O. The van der Waals surface area contributed by atoms with Gasteiger partial charge in [0.15, 0.2) is 11.5 Å². The third-order valence-electron chi connectivity index (χ3n) is 1.05. The van der Waals surface area contributed by atoms with Gasteiger partial charge in [-0.15, -0.1) is 0 Å². The molecule has 0 amide bonds. The van der Waals surface area contributed by atoms with Crippen molar-refractivity contribution < 1.29 is 15.7 Å². The third kappa shape index (κ3) is 1.29. The molecule has 10 heavy (non-hydrogen) atoms. The van der Waals surface area contributed by atoms with Gasteiger partial charge >= 0.3 is 0 Å². The summed E-state index contributed by atoms with van der Waals surface area (Å²) in [6, 6.07) is 4.44. The second-order valence-corrected chi connectivity index (χ2v) is 1.71. The molecule has 1 rings (SSSR count). The number of anilines is 1. The van der Waals surface area contributed by atoms with Crippen LogP contribution in [-0.4, -0.2) is 15.7 Å². The van der Waals surface area contributed by atoms with Gasteiger partial charge in [0.05, 0.1) is 5.69 Å². The predicted octanol–water partition coefficient (Wildman–Crippen LogP) is -0.145. The topological polar surface area (TPSA) is 98.0 Å². The second kappa shape index (κ2) is 2.93. The van der Waals surface area contributed by atoms with Crippen molar-refractivity contribution in [1.29, 1.82) is 0 Å². The minimum absolute atomic E-state index is 0. The summed E-state index contributed by atoms with van der Waals surface area (Å²) < 4.78 is 0. The van der Waals surface area contributed by atoms with Gasteiger partial charge in [-0.05, 0) is 12.1 Å². The summed E-state index contributed by atoms with van der Waals surface area (Å²) in [4.78, 5) is 0. The summed E-state index contributed by atoms with van der Waals surface area (Å²) in [6.45, 7) is 0. The van der Waals surface area contributed by atoms with E-state index in [1.54, 1.807) is 6.07 Å². The van der Waals surface area contributed by atoms with Crippen molar-refractivity contribution in [2.24, 2.45) is 0 Å². The first kappa shape index (κ1) is 8.58. The first-order valence-electron chi connectivity index (χ1n) is 2.48. The van der Waals surface area contributed by atoms with Crippen molar-refractivity contribution in [3.63, 3.8) is 0 Å². The fourth-order valence-corrected chi connectivity index (χ4v) is 0.549. The lowest BCUT2D eigenvalue weighted by molar-refractivity contribution is 0.405. The Morgan fingerprint density at radius 3 is 2.20 bits per heavy atom. The van der Waals surface area contributed by atoms with E-state index in [1.165, 1.54) is 12.1 Å². The van der Waals surface area contributed by atoms with Crippen LogP contribution in [0.25, 0.3) is 0 Å². The maximum atomic E-state index is 8.83. The largest absolute Gasteiger partial charge is 0.504 e. The Morgan fingerprint density at radius 1 is 1.20 bits per heavy atom. The normalized spacial score (nSPS) is 8.40. The lowest BCUT2D eigenvalue weighted by Crippen LogP contribution is -1.83. The highest BCUT2D eigenvalue weighted by atomic mass is 16.3. The summed E-state index contributed by atoms with van der Waals surface area (Å²) in [5, 5.41) is 17.6. The molecule has 0 radical (unpaired) electrons. The summed E-state index contributed by atoms with van der Waals surface area (Å²) in [6.07, 6.45) is 0. The Morgan fingerprint density at radius 2 is 1.80 bits per heavy atom. The fourth-order valence-electron chi connectivity index (χ4n) is 0.549. The number of nitrogens with two attached hydrogens (primary N) is 1. The van der Waals surface area contributed by atoms with Crippen LogP contribution in [0, 0.1) is 0 Å². The van der Waals surface area contributed by atoms with Crippen molar-refractivity contribution in [2.75, 3.05) is 5.73 Å². The van der Waals surface area contributed by atoms with Crippen LogP contribution >= 0.6 is 0 Å². The van der Waals surface area contributed by atoms with E-state index >= 15 is 0 Å². The van der Waals surface area contributed by atoms with Gasteiger partial charge in [0, 0.05) is 0 Å². The molecule has 1 aromatic carbocycles. The molecule has 4 nitrogen and oxygen atoms in total. The maximum Gasteiger partial charge on any atom is 0.180 e. The summed E-state index contributed by atoms with van der Waals surface area (Å²) >= 11 is 0. The van der Waals surface area contributed by atoms with E-state index in [2.05, 4.69) is 0 Å². The molecule has 0 saturated heterocycles. The van der Waals surface area contributed by atoms with Crippen molar-refractivity contribution >= 4 is 5.69 Å².